The fourth-order valence-electron chi connectivity index (χ4n) is 2.01. The second kappa shape index (κ2) is 7.00. The summed E-state index contributed by atoms with van der Waals surface area (Å²) in [5, 5.41) is 0. The van der Waals surface area contributed by atoms with E-state index in [0.29, 0.717) is 16.5 Å². The van der Waals surface area contributed by atoms with Crippen LogP contribution >= 0.6 is 15.9 Å². The summed E-state index contributed by atoms with van der Waals surface area (Å²) in [6, 6.07) is 10.2. The normalized spacial score (nSPS) is 13.8. The molecule has 0 amide bonds. The Balaban J connectivity index is 2.33. The van der Waals surface area contributed by atoms with Crippen LogP contribution in [0.1, 0.15) is 25.0 Å². The van der Waals surface area contributed by atoms with E-state index in [1.807, 2.05) is 6.92 Å². The monoisotopic (exact) mass is 355 g/mol. The van der Waals surface area contributed by atoms with Crippen molar-refractivity contribution in [3.05, 3.63) is 64.1 Å². The lowest BCUT2D eigenvalue weighted by molar-refractivity contribution is 0.163. The second-order valence-electron chi connectivity index (χ2n) is 4.74. The first-order chi connectivity index (χ1) is 10.0. The molecule has 0 aliphatic rings. The molecule has 2 unspecified atom stereocenters. The Kier molecular flexibility index (Phi) is 5.31. The van der Waals surface area contributed by atoms with Gasteiger partial charge in [0, 0.05) is 10.5 Å². The molecular weight excluding hydrogens is 340 g/mol. The minimum atomic E-state index is -0.610. The van der Waals surface area contributed by atoms with Crippen LogP contribution in [0, 0.1) is 11.6 Å². The molecule has 0 fully saturated rings. The van der Waals surface area contributed by atoms with Crippen LogP contribution in [0.2, 0.25) is 0 Å². The molecule has 0 saturated carbocycles. The van der Waals surface area contributed by atoms with Gasteiger partial charge in [0.1, 0.15) is 11.9 Å². The third-order valence-electron chi connectivity index (χ3n) is 3.19. The topological polar surface area (TPSA) is 35.2 Å². The molecule has 0 aliphatic heterocycles. The number of ether oxygens (including phenoxy) is 1. The first kappa shape index (κ1) is 15.9. The average Bonchev–Trinajstić information content (AvgIpc) is 2.45. The van der Waals surface area contributed by atoms with Crippen LogP contribution in [-0.4, -0.2) is 6.04 Å². The van der Waals surface area contributed by atoms with Gasteiger partial charge >= 0.3 is 0 Å². The van der Waals surface area contributed by atoms with Crippen LogP contribution in [0.3, 0.4) is 0 Å². The lowest BCUT2D eigenvalue weighted by Crippen LogP contribution is -2.31. The Morgan fingerprint density at radius 2 is 1.95 bits per heavy atom. The fraction of sp³-hybridized carbons (Fsp3) is 0.250. The van der Waals surface area contributed by atoms with Gasteiger partial charge in [0.05, 0.1) is 0 Å². The molecule has 2 N–H and O–H groups in total. The van der Waals surface area contributed by atoms with E-state index in [4.69, 9.17) is 10.5 Å². The van der Waals surface area contributed by atoms with Gasteiger partial charge in [0.2, 0.25) is 0 Å². The van der Waals surface area contributed by atoms with Gasteiger partial charge in [0.25, 0.3) is 0 Å². The van der Waals surface area contributed by atoms with E-state index < -0.39 is 11.9 Å². The van der Waals surface area contributed by atoms with Crippen molar-refractivity contribution in [2.45, 2.75) is 25.5 Å². The summed E-state index contributed by atoms with van der Waals surface area (Å²) in [4.78, 5) is 0. The van der Waals surface area contributed by atoms with Crippen molar-refractivity contribution in [2.75, 3.05) is 0 Å². The molecule has 2 rings (SSSR count). The van der Waals surface area contributed by atoms with E-state index in [1.165, 1.54) is 24.3 Å². The maximum absolute atomic E-state index is 13.9. The highest BCUT2D eigenvalue weighted by atomic mass is 79.9. The number of hydrogen-bond donors (Lipinski definition) is 1. The summed E-state index contributed by atoms with van der Waals surface area (Å²) in [6.07, 6.45) is 0.0145. The summed E-state index contributed by atoms with van der Waals surface area (Å²) in [5.41, 5.74) is 6.64. The van der Waals surface area contributed by atoms with Crippen molar-refractivity contribution >= 4 is 15.9 Å². The van der Waals surface area contributed by atoms with Gasteiger partial charge in [-0.25, -0.2) is 8.78 Å². The molecule has 2 atom stereocenters. The smallest absolute Gasteiger partial charge is 0.166 e. The van der Waals surface area contributed by atoms with E-state index in [1.54, 1.807) is 18.2 Å². The van der Waals surface area contributed by atoms with Crippen molar-refractivity contribution in [1.82, 2.24) is 0 Å². The zero-order valence-electron chi connectivity index (χ0n) is 11.5. The Morgan fingerprint density at radius 3 is 2.57 bits per heavy atom. The van der Waals surface area contributed by atoms with Gasteiger partial charge in [-0.3, -0.25) is 0 Å². The number of rotatable bonds is 5. The average molecular weight is 356 g/mol. The van der Waals surface area contributed by atoms with E-state index in [9.17, 15) is 8.78 Å². The van der Waals surface area contributed by atoms with Crippen LogP contribution in [0.4, 0.5) is 8.78 Å². The molecule has 0 aliphatic carbocycles. The highest BCUT2D eigenvalue weighted by Crippen LogP contribution is 2.29. The van der Waals surface area contributed by atoms with Gasteiger partial charge in [-0.2, -0.15) is 0 Å². The minimum Gasteiger partial charge on any atom is -0.481 e. The summed E-state index contributed by atoms with van der Waals surface area (Å²) in [5.74, 6) is -0.772. The first-order valence-electron chi connectivity index (χ1n) is 6.64. The zero-order valence-corrected chi connectivity index (χ0v) is 13.1. The van der Waals surface area contributed by atoms with Gasteiger partial charge < -0.3 is 10.5 Å². The predicted molar refractivity (Wildman–Crippen MR) is 82.1 cm³/mol. The number of benzene rings is 2. The number of halogens is 3. The lowest BCUT2D eigenvalue weighted by atomic mass is 10.0. The molecule has 112 valence electrons. The molecule has 0 radical (unpaired) electrons. The van der Waals surface area contributed by atoms with Gasteiger partial charge in [-0.1, -0.05) is 35.0 Å². The van der Waals surface area contributed by atoms with Crippen molar-refractivity contribution in [1.29, 1.82) is 0 Å². The SMILES string of the molecule is CCC(N)C(Oc1ccc(Br)cc1F)c1cccc(F)c1. The standard InChI is InChI=1S/C16H16BrF2NO/c1-2-14(20)16(10-4-3-5-12(18)8-10)21-15-7-6-11(17)9-13(15)19/h3-9,14,16H,2,20H2,1H3. The number of hydrogen-bond acceptors (Lipinski definition) is 2. The highest BCUT2D eigenvalue weighted by molar-refractivity contribution is 9.10. The van der Waals surface area contributed by atoms with Gasteiger partial charge in [0.15, 0.2) is 11.6 Å². The molecule has 2 aromatic carbocycles. The fourth-order valence-corrected chi connectivity index (χ4v) is 2.34. The third kappa shape index (κ3) is 4.02. The molecule has 5 heteroatoms. The molecule has 0 spiro atoms. The zero-order chi connectivity index (χ0) is 15.4. The highest BCUT2D eigenvalue weighted by Gasteiger charge is 2.22. The molecule has 2 nitrogen and oxygen atoms in total. The van der Waals surface area contributed by atoms with Crippen LogP contribution in [0.15, 0.2) is 46.9 Å². The van der Waals surface area contributed by atoms with Gasteiger partial charge in [-0.15, -0.1) is 0 Å². The van der Waals surface area contributed by atoms with Crippen LogP contribution in [-0.2, 0) is 0 Å². The maximum atomic E-state index is 13.9. The third-order valence-corrected chi connectivity index (χ3v) is 3.68. The van der Waals surface area contributed by atoms with Crippen LogP contribution < -0.4 is 10.5 Å². The summed E-state index contributed by atoms with van der Waals surface area (Å²) < 4.78 is 33.6. The number of nitrogens with two attached hydrogens (primary N) is 1. The summed E-state index contributed by atoms with van der Waals surface area (Å²) >= 11 is 3.19. The molecule has 0 bridgehead atoms. The van der Waals surface area contributed by atoms with E-state index in [-0.39, 0.29) is 17.6 Å². The maximum Gasteiger partial charge on any atom is 0.166 e. The van der Waals surface area contributed by atoms with Crippen molar-refractivity contribution in [3.63, 3.8) is 0 Å². The van der Waals surface area contributed by atoms with Crippen molar-refractivity contribution < 1.29 is 13.5 Å². The summed E-state index contributed by atoms with van der Waals surface area (Å²) in [7, 11) is 0. The Labute approximate surface area is 131 Å². The molecule has 0 saturated heterocycles. The van der Waals surface area contributed by atoms with E-state index >= 15 is 0 Å². The largest absolute Gasteiger partial charge is 0.481 e. The van der Waals surface area contributed by atoms with Gasteiger partial charge in [-0.05, 0) is 42.3 Å². The Hall–Kier alpha value is -1.46. The molecule has 21 heavy (non-hydrogen) atoms. The molecule has 2 aromatic rings. The quantitative estimate of drug-likeness (QED) is 0.851. The first-order valence-corrected chi connectivity index (χ1v) is 7.43. The summed E-state index contributed by atoms with van der Waals surface area (Å²) in [6.45, 7) is 1.90. The Bertz CT molecular complexity index is 621. The molecule has 0 aromatic heterocycles. The van der Waals surface area contributed by atoms with Crippen LogP contribution in [0.25, 0.3) is 0 Å². The van der Waals surface area contributed by atoms with E-state index in [0.717, 1.165) is 0 Å². The Morgan fingerprint density at radius 1 is 1.19 bits per heavy atom. The minimum absolute atomic E-state index is 0.0939. The van der Waals surface area contributed by atoms with E-state index in [2.05, 4.69) is 15.9 Å². The molecular formula is C16H16BrF2NO. The lowest BCUT2D eigenvalue weighted by Gasteiger charge is -2.25. The molecule has 0 heterocycles. The van der Waals surface area contributed by atoms with Crippen molar-refractivity contribution in [2.24, 2.45) is 5.73 Å². The van der Waals surface area contributed by atoms with Crippen molar-refractivity contribution in [3.8, 4) is 5.75 Å². The predicted octanol–water partition coefficient (Wildman–Crippen LogP) is 4.58. The van der Waals surface area contributed by atoms with Crippen LogP contribution in [0.5, 0.6) is 5.75 Å². The second-order valence-corrected chi connectivity index (χ2v) is 5.66.